The Morgan fingerprint density at radius 1 is 1.13 bits per heavy atom. The lowest BCUT2D eigenvalue weighted by Crippen LogP contribution is -2.26. The molecule has 0 spiro atoms. The van der Waals surface area contributed by atoms with Crippen LogP contribution >= 0.6 is 15.9 Å². The van der Waals surface area contributed by atoms with Crippen molar-refractivity contribution in [3.63, 3.8) is 0 Å². The van der Waals surface area contributed by atoms with E-state index < -0.39 is 5.91 Å². The molecule has 0 N–H and O–H groups in total. The van der Waals surface area contributed by atoms with Gasteiger partial charge in [-0.2, -0.15) is 0 Å². The number of rotatable bonds is 2. The number of ketones is 1. The van der Waals surface area contributed by atoms with Crippen LogP contribution in [0.4, 0.5) is 0 Å². The van der Waals surface area contributed by atoms with Crippen LogP contribution in [-0.4, -0.2) is 16.6 Å². The number of carbonyl (C=O) groups is 2. The molecule has 2 aliphatic rings. The molecule has 1 aromatic rings. The van der Waals surface area contributed by atoms with Crippen molar-refractivity contribution in [1.29, 1.82) is 0 Å². The molecule has 23 heavy (non-hydrogen) atoms. The smallest absolute Gasteiger partial charge is 0.299 e. The molecule has 3 rings (SSSR count). The summed E-state index contributed by atoms with van der Waals surface area (Å²) in [7, 11) is 0. The van der Waals surface area contributed by atoms with Crippen LogP contribution in [0.2, 0.25) is 0 Å². The first-order chi connectivity index (χ1) is 10.8. The predicted molar refractivity (Wildman–Crippen MR) is 94.0 cm³/mol. The number of allylic oxidation sites excluding steroid dienone is 3. The first-order valence-electron chi connectivity index (χ1n) is 7.84. The van der Waals surface area contributed by atoms with E-state index in [2.05, 4.69) is 48.8 Å². The summed E-state index contributed by atoms with van der Waals surface area (Å²) in [6, 6.07) is 8.27. The Morgan fingerprint density at radius 3 is 2.39 bits per heavy atom. The van der Waals surface area contributed by atoms with Crippen molar-refractivity contribution in [2.24, 2.45) is 0 Å². The monoisotopic (exact) mass is 373 g/mol. The molecular weight excluding hydrogens is 354 g/mol. The van der Waals surface area contributed by atoms with E-state index in [-0.39, 0.29) is 11.2 Å². The quantitative estimate of drug-likeness (QED) is 0.727. The zero-order valence-corrected chi connectivity index (χ0v) is 15.2. The van der Waals surface area contributed by atoms with Gasteiger partial charge in [0.05, 0.1) is 12.2 Å². The number of hydrogen-bond donors (Lipinski definition) is 0. The van der Waals surface area contributed by atoms with Crippen molar-refractivity contribution in [3.8, 4) is 0 Å². The first kappa shape index (κ1) is 16.2. The van der Waals surface area contributed by atoms with Gasteiger partial charge in [-0.3, -0.25) is 14.5 Å². The van der Waals surface area contributed by atoms with Crippen LogP contribution in [0.15, 0.2) is 46.1 Å². The Balaban J connectivity index is 1.89. The summed E-state index contributed by atoms with van der Waals surface area (Å²) >= 11 is 3.53. The van der Waals surface area contributed by atoms with Crippen LogP contribution in [0.3, 0.4) is 0 Å². The topological polar surface area (TPSA) is 37.4 Å². The van der Waals surface area contributed by atoms with Crippen molar-refractivity contribution < 1.29 is 9.59 Å². The van der Waals surface area contributed by atoms with Gasteiger partial charge in [-0.05, 0) is 29.4 Å². The Kier molecular flexibility index (Phi) is 4.05. The van der Waals surface area contributed by atoms with Gasteiger partial charge >= 0.3 is 0 Å². The van der Waals surface area contributed by atoms with Gasteiger partial charge in [0.1, 0.15) is 0 Å². The lowest BCUT2D eigenvalue weighted by molar-refractivity contribution is -0.139. The SMILES string of the molecule is CC(C)(C)c1ccc(CN2C(=O)C(=O)C3=CCCC(Br)=C32)cc1. The van der Waals surface area contributed by atoms with Crippen LogP contribution in [0.1, 0.15) is 44.7 Å². The molecule has 0 unspecified atom stereocenters. The third-order valence-electron chi connectivity index (χ3n) is 4.34. The molecule has 120 valence electrons. The van der Waals surface area contributed by atoms with Gasteiger partial charge in [-0.1, -0.05) is 67.0 Å². The van der Waals surface area contributed by atoms with Crippen LogP contribution in [0.5, 0.6) is 0 Å². The van der Waals surface area contributed by atoms with Gasteiger partial charge < -0.3 is 0 Å². The van der Waals surface area contributed by atoms with E-state index in [9.17, 15) is 9.59 Å². The summed E-state index contributed by atoms with van der Waals surface area (Å²) in [6.07, 6.45) is 3.51. The minimum atomic E-state index is -0.426. The highest BCUT2D eigenvalue weighted by Gasteiger charge is 2.41. The van der Waals surface area contributed by atoms with Gasteiger partial charge in [-0.25, -0.2) is 0 Å². The van der Waals surface area contributed by atoms with Gasteiger partial charge in [-0.15, -0.1) is 0 Å². The first-order valence-corrected chi connectivity index (χ1v) is 8.63. The van der Waals surface area contributed by atoms with Crippen LogP contribution < -0.4 is 0 Å². The van der Waals surface area contributed by atoms with Crippen molar-refractivity contribution >= 4 is 27.6 Å². The fourth-order valence-electron chi connectivity index (χ4n) is 2.98. The van der Waals surface area contributed by atoms with Crippen LogP contribution in [0, 0.1) is 0 Å². The molecule has 1 amide bonds. The molecule has 1 aromatic carbocycles. The molecule has 1 aliphatic carbocycles. The summed E-state index contributed by atoms with van der Waals surface area (Å²) in [4.78, 5) is 26.1. The molecule has 0 atom stereocenters. The second kappa shape index (κ2) is 5.75. The maximum absolute atomic E-state index is 12.3. The summed E-state index contributed by atoms with van der Waals surface area (Å²) < 4.78 is 0.945. The Bertz CT molecular complexity index is 736. The number of likely N-dealkylation sites (tertiary alicyclic amines) is 1. The largest absolute Gasteiger partial charge is 0.300 e. The number of fused-ring (bicyclic) bond motifs is 1. The average Bonchev–Trinajstić information content (AvgIpc) is 2.73. The number of amides is 1. The number of nitrogens with zero attached hydrogens (tertiary/aromatic N) is 1. The molecule has 0 radical (unpaired) electrons. The van der Waals surface area contributed by atoms with Crippen LogP contribution in [-0.2, 0) is 21.5 Å². The summed E-state index contributed by atoms with van der Waals surface area (Å²) in [5, 5.41) is 0. The van der Waals surface area contributed by atoms with Crippen molar-refractivity contribution in [3.05, 3.63) is 57.2 Å². The second-order valence-corrected chi connectivity index (χ2v) is 8.03. The summed E-state index contributed by atoms with van der Waals surface area (Å²) in [5.74, 6) is -0.812. The number of carbonyl (C=O) groups excluding carboxylic acids is 2. The van der Waals surface area contributed by atoms with E-state index >= 15 is 0 Å². The Hall–Kier alpha value is -1.68. The Morgan fingerprint density at radius 2 is 1.78 bits per heavy atom. The molecule has 0 saturated carbocycles. The highest BCUT2D eigenvalue weighted by atomic mass is 79.9. The maximum atomic E-state index is 12.3. The van der Waals surface area contributed by atoms with E-state index in [1.54, 1.807) is 4.90 Å². The Labute approximate surface area is 145 Å². The number of Topliss-reactive ketones (excluding diaryl/α,β-unsaturated/α-hetero) is 1. The third-order valence-corrected chi connectivity index (χ3v) is 5.11. The molecule has 1 saturated heterocycles. The fourth-order valence-corrected chi connectivity index (χ4v) is 3.64. The van der Waals surface area contributed by atoms with E-state index in [4.69, 9.17) is 0 Å². The third kappa shape index (κ3) is 2.92. The van der Waals surface area contributed by atoms with E-state index in [0.717, 1.165) is 28.6 Å². The highest BCUT2D eigenvalue weighted by Crippen LogP contribution is 2.38. The number of benzene rings is 1. The molecule has 3 nitrogen and oxygen atoms in total. The molecule has 4 heteroatoms. The summed E-state index contributed by atoms with van der Waals surface area (Å²) in [6.45, 7) is 6.94. The standard InChI is InChI=1S/C19H20BrNO2/c1-19(2,3)13-9-7-12(8-10-13)11-21-16-14(17(22)18(21)23)5-4-6-15(16)20/h5,7-10H,4,6,11H2,1-3H3. The van der Waals surface area contributed by atoms with E-state index in [1.165, 1.54) is 5.56 Å². The van der Waals surface area contributed by atoms with Crippen molar-refractivity contribution in [1.82, 2.24) is 4.90 Å². The zero-order chi connectivity index (χ0) is 16.8. The minimum Gasteiger partial charge on any atom is -0.300 e. The van der Waals surface area contributed by atoms with Gasteiger partial charge in [0.2, 0.25) is 0 Å². The van der Waals surface area contributed by atoms with Gasteiger partial charge in [0, 0.05) is 10.1 Å². The molecular formula is C19H20BrNO2. The molecule has 1 aliphatic heterocycles. The van der Waals surface area contributed by atoms with E-state index in [1.807, 2.05) is 18.2 Å². The molecule has 1 fully saturated rings. The summed E-state index contributed by atoms with van der Waals surface area (Å²) in [5.41, 5.74) is 3.69. The minimum absolute atomic E-state index is 0.1000. The normalized spacial score (nSPS) is 18.4. The van der Waals surface area contributed by atoms with E-state index in [0.29, 0.717) is 12.1 Å². The maximum Gasteiger partial charge on any atom is 0.299 e. The molecule has 1 heterocycles. The molecule has 0 bridgehead atoms. The van der Waals surface area contributed by atoms with Crippen molar-refractivity contribution in [2.45, 2.75) is 45.6 Å². The molecule has 0 aromatic heterocycles. The lowest BCUT2D eigenvalue weighted by atomic mass is 9.87. The zero-order valence-electron chi connectivity index (χ0n) is 13.6. The second-order valence-electron chi connectivity index (χ2n) is 7.08. The van der Waals surface area contributed by atoms with Gasteiger partial charge in [0.25, 0.3) is 11.7 Å². The van der Waals surface area contributed by atoms with Gasteiger partial charge in [0.15, 0.2) is 0 Å². The number of hydrogen-bond acceptors (Lipinski definition) is 2. The van der Waals surface area contributed by atoms with Crippen molar-refractivity contribution in [2.75, 3.05) is 0 Å². The highest BCUT2D eigenvalue weighted by molar-refractivity contribution is 9.11. The number of halogens is 1. The fraction of sp³-hybridized carbons (Fsp3) is 0.368. The lowest BCUT2D eigenvalue weighted by Gasteiger charge is -2.22. The average molecular weight is 374 g/mol. The predicted octanol–water partition coefficient (Wildman–Crippen LogP) is 4.22. The van der Waals surface area contributed by atoms with Crippen LogP contribution in [0.25, 0.3) is 0 Å².